The van der Waals surface area contributed by atoms with Crippen molar-refractivity contribution in [2.45, 2.75) is 13.3 Å². The van der Waals surface area contributed by atoms with E-state index in [4.69, 9.17) is 4.55 Å². The summed E-state index contributed by atoms with van der Waals surface area (Å²) in [6.07, 6.45) is 0.888. The van der Waals surface area contributed by atoms with E-state index in [-0.39, 0.29) is 29.6 Å². The predicted octanol–water partition coefficient (Wildman–Crippen LogP) is -1.41. The zero-order valence-corrected chi connectivity index (χ0v) is 13.1. The van der Waals surface area contributed by atoms with Crippen LogP contribution in [0.4, 0.5) is 0 Å². The zero-order valence-electron chi connectivity index (χ0n) is 7.86. The molecule has 1 aliphatic heterocycles. The molecule has 0 aromatic carbocycles. The second-order valence-corrected chi connectivity index (χ2v) is 8.50. The van der Waals surface area contributed by atoms with Gasteiger partial charge in [-0.2, -0.15) is 0 Å². The summed E-state index contributed by atoms with van der Waals surface area (Å²) in [6.45, 7) is 2.93. The standard InChI is InChI=1S/C3H4NS.C3H8OS3.Na/c1-2-5-3-4-1;1-2-3-7(4,5)6;/h1-2H2;2-3H2,1H3,(H,4,5,6);/q-1;;+1. The van der Waals surface area contributed by atoms with Crippen LogP contribution in [0.15, 0.2) is 4.99 Å². The average molecular weight is 265 g/mol. The number of thioether (sulfide) groups is 1. The van der Waals surface area contributed by atoms with Crippen LogP contribution in [-0.4, -0.2) is 28.1 Å². The molecule has 1 N–H and O–H groups in total. The van der Waals surface area contributed by atoms with Crippen molar-refractivity contribution in [1.29, 1.82) is 0 Å². The summed E-state index contributed by atoms with van der Waals surface area (Å²) in [4.78, 5) is 3.80. The van der Waals surface area contributed by atoms with Gasteiger partial charge in [0.05, 0.1) is 0 Å². The predicted molar refractivity (Wildman–Crippen MR) is 64.6 cm³/mol. The van der Waals surface area contributed by atoms with Crippen molar-refractivity contribution in [1.82, 2.24) is 0 Å². The molecule has 1 rings (SSSR count). The summed E-state index contributed by atoms with van der Waals surface area (Å²) in [5, 5.41) is 0. The van der Waals surface area contributed by atoms with Crippen LogP contribution >= 0.6 is 11.8 Å². The number of nitrogens with zero attached hydrogens (tertiary/aromatic N) is 1. The van der Waals surface area contributed by atoms with Crippen molar-refractivity contribution in [3.63, 3.8) is 0 Å². The van der Waals surface area contributed by atoms with E-state index in [2.05, 4.69) is 32.9 Å². The van der Waals surface area contributed by atoms with E-state index in [1.807, 2.05) is 6.92 Å². The largest absolute Gasteiger partial charge is 1.00 e. The molecule has 1 aliphatic rings. The Labute approximate surface area is 116 Å². The van der Waals surface area contributed by atoms with Crippen LogP contribution in [0.3, 0.4) is 0 Å². The first-order chi connectivity index (χ1) is 5.56. The van der Waals surface area contributed by atoms with Crippen molar-refractivity contribution < 1.29 is 34.1 Å². The molecule has 72 valence electrons. The molecule has 0 aromatic rings. The average Bonchev–Trinajstić information content (AvgIpc) is 2.38. The summed E-state index contributed by atoms with van der Waals surface area (Å²) in [5.74, 6) is 1.75. The summed E-state index contributed by atoms with van der Waals surface area (Å²) >= 11 is 10.7. The monoisotopic (exact) mass is 265 g/mol. The normalized spacial score (nSPS) is 14.3. The fourth-order valence-corrected chi connectivity index (χ4v) is 2.46. The summed E-state index contributed by atoms with van der Waals surface area (Å²) in [7, 11) is -2.01. The van der Waals surface area contributed by atoms with Crippen molar-refractivity contribution in [2.75, 3.05) is 18.1 Å². The summed E-state index contributed by atoms with van der Waals surface area (Å²) in [6, 6.07) is 0. The van der Waals surface area contributed by atoms with Crippen LogP contribution in [0, 0.1) is 0 Å². The first-order valence-corrected chi connectivity index (χ1v) is 8.14. The van der Waals surface area contributed by atoms with Gasteiger partial charge in [0.25, 0.3) is 0 Å². The molecule has 1 heterocycles. The third kappa shape index (κ3) is 16.4. The van der Waals surface area contributed by atoms with Crippen LogP contribution in [-0.2, 0) is 29.8 Å². The van der Waals surface area contributed by atoms with Gasteiger partial charge >= 0.3 is 29.6 Å². The van der Waals surface area contributed by atoms with Crippen molar-refractivity contribution in [3.8, 4) is 0 Å². The van der Waals surface area contributed by atoms with Crippen LogP contribution < -0.4 is 29.6 Å². The maximum absolute atomic E-state index is 8.73. The van der Waals surface area contributed by atoms with Crippen LogP contribution in [0.1, 0.15) is 13.3 Å². The Balaban J connectivity index is 0. The molecular formula is C6H12NNaOS4. The Bertz CT molecular complexity index is 221. The molecule has 0 saturated carbocycles. The van der Waals surface area contributed by atoms with Gasteiger partial charge in [-0.1, -0.05) is 6.92 Å². The summed E-state index contributed by atoms with van der Waals surface area (Å²) < 4.78 is 8.73. The second-order valence-electron chi connectivity index (χ2n) is 2.11. The van der Waals surface area contributed by atoms with E-state index in [9.17, 15) is 0 Å². The smallest absolute Gasteiger partial charge is 0.492 e. The quantitative estimate of drug-likeness (QED) is 0.491. The van der Waals surface area contributed by atoms with Crippen LogP contribution in [0.25, 0.3) is 0 Å². The van der Waals surface area contributed by atoms with Crippen molar-refractivity contribution >= 4 is 47.1 Å². The van der Waals surface area contributed by atoms with Gasteiger partial charge in [-0.05, 0) is 34.5 Å². The van der Waals surface area contributed by atoms with E-state index in [1.54, 1.807) is 11.8 Å². The summed E-state index contributed by atoms with van der Waals surface area (Å²) in [5.41, 5.74) is 2.76. The topological polar surface area (TPSA) is 32.6 Å². The Kier molecular flexibility index (Phi) is 13.6. The molecule has 0 bridgehead atoms. The van der Waals surface area contributed by atoms with Crippen LogP contribution in [0.2, 0.25) is 0 Å². The molecule has 0 aromatic heterocycles. The number of hydrogen-bond acceptors (Lipinski definition) is 4. The van der Waals surface area contributed by atoms with E-state index >= 15 is 0 Å². The Morgan fingerprint density at radius 1 is 1.62 bits per heavy atom. The minimum atomic E-state index is -2.01. The van der Waals surface area contributed by atoms with E-state index in [0.29, 0.717) is 5.75 Å². The molecule has 7 heteroatoms. The zero-order chi connectivity index (χ0) is 9.45. The van der Waals surface area contributed by atoms with Gasteiger partial charge in [-0.3, -0.25) is 0 Å². The SMILES string of the molecule is CCCS(O)(=S)=S.[C-]1=NCCS1.[Na+]. The van der Waals surface area contributed by atoms with E-state index in [1.165, 1.54) is 0 Å². The third-order valence-corrected chi connectivity index (χ3v) is 3.47. The maximum Gasteiger partial charge on any atom is 1.00 e. The molecule has 0 amide bonds. The first kappa shape index (κ1) is 17.2. The van der Waals surface area contributed by atoms with Gasteiger partial charge in [0.15, 0.2) is 0 Å². The van der Waals surface area contributed by atoms with Gasteiger partial charge in [0, 0.05) is 19.7 Å². The second kappa shape index (κ2) is 10.3. The van der Waals surface area contributed by atoms with Crippen LogP contribution in [0.5, 0.6) is 0 Å². The maximum atomic E-state index is 8.73. The number of hydrogen-bond donors (Lipinski definition) is 1. The number of aliphatic imine (C=N–C) groups is 1. The molecule has 0 fully saturated rings. The van der Waals surface area contributed by atoms with Crippen molar-refractivity contribution in [2.24, 2.45) is 4.99 Å². The van der Waals surface area contributed by atoms with Gasteiger partial charge in [-0.25, -0.2) is 0 Å². The molecule has 13 heavy (non-hydrogen) atoms. The van der Waals surface area contributed by atoms with Gasteiger partial charge in [0.2, 0.25) is 0 Å². The van der Waals surface area contributed by atoms with Gasteiger partial charge < -0.3 is 26.9 Å². The molecule has 2 nitrogen and oxygen atoms in total. The Hall–Kier alpha value is 1.77. The van der Waals surface area contributed by atoms with E-state index < -0.39 is 7.43 Å². The number of rotatable bonds is 2. The Morgan fingerprint density at radius 3 is 2.31 bits per heavy atom. The van der Waals surface area contributed by atoms with Crippen molar-refractivity contribution in [3.05, 3.63) is 0 Å². The van der Waals surface area contributed by atoms with Gasteiger partial charge in [0.1, 0.15) is 0 Å². The Morgan fingerprint density at radius 2 is 2.23 bits per heavy atom. The molecular weight excluding hydrogens is 253 g/mol. The molecule has 0 aliphatic carbocycles. The van der Waals surface area contributed by atoms with E-state index in [0.717, 1.165) is 18.7 Å². The fraction of sp³-hybridized carbons (Fsp3) is 0.833. The molecule has 0 spiro atoms. The molecule has 0 saturated heterocycles. The van der Waals surface area contributed by atoms with Gasteiger partial charge in [-0.15, -0.1) is 0 Å². The third-order valence-electron chi connectivity index (χ3n) is 0.896. The minimum Gasteiger partial charge on any atom is -0.492 e. The molecule has 0 radical (unpaired) electrons. The minimum absolute atomic E-state index is 0. The first-order valence-electron chi connectivity index (χ1n) is 3.54. The fourth-order valence-electron chi connectivity index (χ4n) is 0.486. The molecule has 0 unspecified atom stereocenters. The molecule has 0 atom stereocenters.